The first kappa shape index (κ1) is 12.9. The number of rotatable bonds is 6. The van der Waals surface area contributed by atoms with E-state index >= 15 is 0 Å². The Hall–Kier alpha value is -1.06. The van der Waals surface area contributed by atoms with E-state index in [1.807, 2.05) is 5.92 Å². The lowest BCUT2D eigenvalue weighted by molar-refractivity contribution is -0.141. The SMILES string of the molecule is C#CCS(=O)(=O)CC(=O)OCCOC. The van der Waals surface area contributed by atoms with E-state index < -0.39 is 27.3 Å². The third kappa shape index (κ3) is 6.46. The Morgan fingerprint density at radius 1 is 1.43 bits per heavy atom. The van der Waals surface area contributed by atoms with Crippen LogP contribution in [0.4, 0.5) is 0 Å². The maximum Gasteiger partial charge on any atom is 0.321 e. The number of carbonyl (C=O) groups excluding carboxylic acids is 1. The van der Waals surface area contributed by atoms with E-state index in [1.165, 1.54) is 7.11 Å². The minimum absolute atomic E-state index is 0.0426. The van der Waals surface area contributed by atoms with Crippen LogP contribution in [0.3, 0.4) is 0 Å². The topological polar surface area (TPSA) is 69.7 Å². The van der Waals surface area contributed by atoms with Gasteiger partial charge >= 0.3 is 5.97 Å². The Balaban J connectivity index is 3.89. The van der Waals surface area contributed by atoms with Crippen molar-refractivity contribution in [1.29, 1.82) is 0 Å². The van der Waals surface area contributed by atoms with Gasteiger partial charge in [0.15, 0.2) is 9.84 Å². The average Bonchev–Trinajstić information content (AvgIpc) is 2.03. The van der Waals surface area contributed by atoms with Gasteiger partial charge in [0.2, 0.25) is 0 Å². The van der Waals surface area contributed by atoms with Gasteiger partial charge in [-0.15, -0.1) is 6.42 Å². The van der Waals surface area contributed by atoms with E-state index in [-0.39, 0.29) is 13.2 Å². The van der Waals surface area contributed by atoms with Crippen molar-refractivity contribution >= 4 is 15.8 Å². The maximum atomic E-state index is 11.0. The molecule has 0 bridgehead atoms. The minimum Gasteiger partial charge on any atom is -0.462 e. The number of sulfone groups is 1. The van der Waals surface area contributed by atoms with Crippen molar-refractivity contribution in [2.24, 2.45) is 0 Å². The molecular formula is C8H12O5S. The Morgan fingerprint density at radius 3 is 2.57 bits per heavy atom. The third-order valence-electron chi connectivity index (χ3n) is 1.19. The Morgan fingerprint density at radius 2 is 2.07 bits per heavy atom. The van der Waals surface area contributed by atoms with E-state index in [4.69, 9.17) is 6.42 Å². The van der Waals surface area contributed by atoms with E-state index in [1.54, 1.807) is 0 Å². The summed E-state index contributed by atoms with van der Waals surface area (Å²) in [4.78, 5) is 10.9. The smallest absolute Gasteiger partial charge is 0.321 e. The predicted octanol–water partition coefficient (Wildman–Crippen LogP) is -0.776. The van der Waals surface area contributed by atoms with Gasteiger partial charge in [-0.25, -0.2) is 8.42 Å². The number of carbonyl (C=O) groups is 1. The molecule has 0 saturated heterocycles. The second-order valence-corrected chi connectivity index (χ2v) is 4.51. The molecule has 0 radical (unpaired) electrons. The van der Waals surface area contributed by atoms with E-state index in [0.717, 1.165) is 0 Å². The summed E-state index contributed by atoms with van der Waals surface area (Å²) in [6.07, 6.45) is 4.81. The molecule has 0 amide bonds. The summed E-state index contributed by atoms with van der Waals surface area (Å²) in [6.45, 7) is 0.280. The van der Waals surface area contributed by atoms with Crippen LogP contribution in [0.2, 0.25) is 0 Å². The highest BCUT2D eigenvalue weighted by molar-refractivity contribution is 7.92. The van der Waals surface area contributed by atoms with Gasteiger partial charge in [-0.2, -0.15) is 0 Å². The molecule has 0 fully saturated rings. The fourth-order valence-electron chi connectivity index (χ4n) is 0.638. The lowest BCUT2D eigenvalue weighted by Crippen LogP contribution is -2.21. The summed E-state index contributed by atoms with van der Waals surface area (Å²) < 4.78 is 31.2. The van der Waals surface area contributed by atoms with Crippen molar-refractivity contribution in [2.75, 3.05) is 31.8 Å². The van der Waals surface area contributed by atoms with Gasteiger partial charge in [0.1, 0.15) is 18.1 Å². The zero-order chi connectivity index (χ0) is 11.0. The van der Waals surface area contributed by atoms with Crippen LogP contribution < -0.4 is 0 Å². The van der Waals surface area contributed by atoms with Gasteiger partial charge in [0.25, 0.3) is 0 Å². The molecule has 0 aliphatic rings. The van der Waals surface area contributed by atoms with Gasteiger partial charge in [-0.1, -0.05) is 5.92 Å². The van der Waals surface area contributed by atoms with Crippen molar-refractivity contribution in [3.63, 3.8) is 0 Å². The summed E-state index contributed by atoms with van der Waals surface area (Å²) in [6, 6.07) is 0. The van der Waals surface area contributed by atoms with Crippen molar-refractivity contribution in [1.82, 2.24) is 0 Å². The van der Waals surface area contributed by atoms with Gasteiger partial charge in [-0.3, -0.25) is 4.79 Å². The normalized spacial score (nSPS) is 10.6. The van der Waals surface area contributed by atoms with E-state index in [2.05, 4.69) is 9.47 Å². The summed E-state index contributed by atoms with van der Waals surface area (Å²) in [5.41, 5.74) is 0. The first-order chi connectivity index (χ1) is 6.52. The van der Waals surface area contributed by atoms with Gasteiger partial charge in [0, 0.05) is 7.11 Å². The van der Waals surface area contributed by atoms with Crippen LogP contribution >= 0.6 is 0 Å². The van der Waals surface area contributed by atoms with Crippen molar-refractivity contribution in [2.45, 2.75) is 0 Å². The zero-order valence-electron chi connectivity index (χ0n) is 7.86. The predicted molar refractivity (Wildman–Crippen MR) is 50.3 cm³/mol. The highest BCUT2D eigenvalue weighted by Gasteiger charge is 2.16. The van der Waals surface area contributed by atoms with Gasteiger partial charge in [0.05, 0.1) is 6.61 Å². The lowest BCUT2D eigenvalue weighted by Gasteiger charge is -2.03. The molecule has 0 aromatic heterocycles. The molecule has 6 heteroatoms. The van der Waals surface area contributed by atoms with Crippen LogP contribution in [0.5, 0.6) is 0 Å². The lowest BCUT2D eigenvalue weighted by atomic mass is 10.7. The second kappa shape index (κ2) is 6.40. The van der Waals surface area contributed by atoms with Crippen LogP contribution in [-0.2, 0) is 24.1 Å². The molecule has 0 aliphatic heterocycles. The molecule has 0 aromatic carbocycles. The van der Waals surface area contributed by atoms with Gasteiger partial charge < -0.3 is 9.47 Å². The molecule has 0 aliphatic carbocycles. The summed E-state index contributed by atoms with van der Waals surface area (Å²) in [5, 5.41) is 0. The second-order valence-electron chi connectivity index (χ2n) is 2.45. The maximum absolute atomic E-state index is 11.0. The fourth-order valence-corrected chi connectivity index (χ4v) is 1.44. The molecule has 0 spiro atoms. The number of terminal acetylenes is 1. The monoisotopic (exact) mass is 220 g/mol. The van der Waals surface area contributed by atoms with Crippen molar-refractivity contribution < 1.29 is 22.7 Å². The summed E-state index contributed by atoms with van der Waals surface area (Å²) >= 11 is 0. The molecule has 0 saturated carbocycles. The third-order valence-corrected chi connectivity index (χ3v) is 2.47. The molecule has 0 atom stereocenters. The molecule has 0 unspecified atom stereocenters. The fraction of sp³-hybridized carbons (Fsp3) is 0.625. The quantitative estimate of drug-likeness (QED) is 0.334. The first-order valence-electron chi connectivity index (χ1n) is 3.80. The number of ether oxygens (including phenoxy) is 2. The van der Waals surface area contributed by atoms with Crippen molar-refractivity contribution in [3.05, 3.63) is 0 Å². The molecule has 0 aromatic rings. The van der Waals surface area contributed by atoms with E-state index in [9.17, 15) is 13.2 Å². The standard InChI is InChI=1S/C8H12O5S/c1-3-6-14(10,11)7-8(9)13-5-4-12-2/h1H,4-7H2,2H3. The van der Waals surface area contributed by atoms with E-state index in [0.29, 0.717) is 0 Å². The molecule has 5 nitrogen and oxygen atoms in total. The van der Waals surface area contributed by atoms with Crippen LogP contribution in [0, 0.1) is 12.3 Å². The molecular weight excluding hydrogens is 208 g/mol. The minimum atomic E-state index is -3.52. The first-order valence-corrected chi connectivity index (χ1v) is 5.62. The summed E-state index contributed by atoms with van der Waals surface area (Å²) in [7, 11) is -2.07. The largest absolute Gasteiger partial charge is 0.462 e. The molecule has 80 valence electrons. The number of methoxy groups -OCH3 is 1. The number of esters is 1. The Kier molecular flexibility index (Phi) is 5.92. The molecule has 0 heterocycles. The highest BCUT2D eigenvalue weighted by atomic mass is 32.2. The number of hydrogen-bond donors (Lipinski definition) is 0. The summed E-state index contributed by atoms with van der Waals surface area (Å²) in [5.74, 6) is 0.0205. The average molecular weight is 220 g/mol. The molecule has 0 rings (SSSR count). The molecule has 0 N–H and O–H groups in total. The van der Waals surface area contributed by atoms with Crippen LogP contribution in [0.15, 0.2) is 0 Å². The zero-order valence-corrected chi connectivity index (χ0v) is 8.67. The highest BCUT2D eigenvalue weighted by Crippen LogP contribution is 1.91. The number of hydrogen-bond acceptors (Lipinski definition) is 5. The van der Waals surface area contributed by atoms with Crippen LogP contribution in [-0.4, -0.2) is 46.2 Å². The molecule has 14 heavy (non-hydrogen) atoms. The van der Waals surface area contributed by atoms with Crippen molar-refractivity contribution in [3.8, 4) is 12.3 Å². The Labute approximate surface area is 83.3 Å². The van der Waals surface area contributed by atoms with Crippen LogP contribution in [0.25, 0.3) is 0 Å². The van der Waals surface area contributed by atoms with Gasteiger partial charge in [-0.05, 0) is 0 Å². The van der Waals surface area contributed by atoms with Crippen LogP contribution in [0.1, 0.15) is 0 Å². The Bertz CT molecular complexity index is 311.